The van der Waals surface area contributed by atoms with Gasteiger partial charge in [-0.1, -0.05) is 13.8 Å². The van der Waals surface area contributed by atoms with E-state index in [2.05, 4.69) is 13.8 Å². The average Bonchev–Trinajstić information content (AvgIpc) is 2.85. The van der Waals surface area contributed by atoms with Crippen molar-refractivity contribution in [2.24, 2.45) is 34.5 Å². The Kier molecular flexibility index (Phi) is 3.85. The van der Waals surface area contributed by atoms with Crippen LogP contribution in [-0.2, 0) is 14.3 Å². The first kappa shape index (κ1) is 16.6. The van der Waals surface area contributed by atoms with Gasteiger partial charge in [-0.05, 0) is 75.0 Å². The van der Waals surface area contributed by atoms with Crippen LogP contribution in [0.3, 0.4) is 0 Å². The van der Waals surface area contributed by atoms with Crippen LogP contribution in [0.25, 0.3) is 0 Å². The van der Waals surface area contributed by atoms with Crippen LogP contribution in [0.4, 0.5) is 0 Å². The Hall–Kier alpha value is -0.860. The third-order valence-electron chi connectivity index (χ3n) is 8.68. The van der Waals surface area contributed by atoms with Gasteiger partial charge in [0.15, 0.2) is 0 Å². The fourth-order valence-corrected chi connectivity index (χ4v) is 7.43. The molecule has 4 rings (SSSR count). The van der Waals surface area contributed by atoms with Gasteiger partial charge in [-0.15, -0.1) is 0 Å². The zero-order valence-corrected chi connectivity index (χ0v) is 15.5. The molecule has 4 fully saturated rings. The summed E-state index contributed by atoms with van der Waals surface area (Å²) < 4.78 is 5.71. The highest BCUT2D eigenvalue weighted by Gasteiger charge is 2.62. The van der Waals surface area contributed by atoms with Crippen molar-refractivity contribution in [3.8, 4) is 0 Å². The van der Waals surface area contributed by atoms with E-state index >= 15 is 0 Å². The smallest absolute Gasteiger partial charge is 0.302 e. The summed E-state index contributed by atoms with van der Waals surface area (Å²) in [5, 5.41) is 0. The normalized spacial score (nSPS) is 50.6. The van der Waals surface area contributed by atoms with E-state index in [-0.39, 0.29) is 22.9 Å². The van der Waals surface area contributed by atoms with Crippen molar-refractivity contribution in [3.05, 3.63) is 0 Å². The van der Waals surface area contributed by atoms with Crippen molar-refractivity contribution in [2.45, 2.75) is 84.7 Å². The average molecular weight is 332 g/mol. The minimum atomic E-state index is -0.137. The molecular weight excluding hydrogens is 300 g/mol. The fraction of sp³-hybridized carbons (Fsp3) is 0.905. The number of carbonyl (C=O) groups is 2. The molecular formula is C21H32O3. The van der Waals surface area contributed by atoms with Crippen molar-refractivity contribution < 1.29 is 14.3 Å². The van der Waals surface area contributed by atoms with Crippen LogP contribution in [-0.4, -0.2) is 17.9 Å². The van der Waals surface area contributed by atoms with Crippen molar-refractivity contribution >= 4 is 11.8 Å². The van der Waals surface area contributed by atoms with E-state index < -0.39 is 0 Å². The minimum absolute atomic E-state index is 0.0674. The van der Waals surface area contributed by atoms with Gasteiger partial charge in [0.1, 0.15) is 11.9 Å². The Morgan fingerprint density at radius 1 is 1.04 bits per heavy atom. The molecule has 0 bridgehead atoms. The molecule has 0 aromatic heterocycles. The summed E-state index contributed by atoms with van der Waals surface area (Å²) in [5.41, 5.74) is 0.0652. The van der Waals surface area contributed by atoms with Crippen LogP contribution < -0.4 is 0 Å². The lowest BCUT2D eigenvalue weighted by atomic mass is 9.45. The molecule has 4 aliphatic rings. The van der Waals surface area contributed by atoms with Gasteiger partial charge in [0, 0.05) is 24.2 Å². The lowest BCUT2D eigenvalue weighted by Crippen LogP contribution is -2.56. The summed E-state index contributed by atoms with van der Waals surface area (Å²) in [5.74, 6) is 2.89. The van der Waals surface area contributed by atoms with E-state index in [1.54, 1.807) is 0 Å². The zero-order chi connectivity index (χ0) is 17.1. The largest absolute Gasteiger partial charge is 0.462 e. The van der Waals surface area contributed by atoms with E-state index in [1.165, 1.54) is 32.6 Å². The molecule has 0 aliphatic heterocycles. The lowest BCUT2D eigenvalue weighted by Gasteiger charge is -2.59. The molecule has 4 saturated carbocycles. The van der Waals surface area contributed by atoms with Crippen LogP contribution in [0.2, 0.25) is 0 Å². The molecule has 0 spiro atoms. The van der Waals surface area contributed by atoms with Gasteiger partial charge in [0.05, 0.1) is 0 Å². The van der Waals surface area contributed by atoms with Gasteiger partial charge < -0.3 is 4.74 Å². The number of hydrogen-bond donors (Lipinski definition) is 0. The summed E-state index contributed by atoms with van der Waals surface area (Å²) in [6.45, 7) is 6.19. The topological polar surface area (TPSA) is 43.4 Å². The number of hydrogen-bond acceptors (Lipinski definition) is 3. The second kappa shape index (κ2) is 5.57. The molecule has 0 unspecified atom stereocenters. The lowest BCUT2D eigenvalue weighted by molar-refractivity contribution is -0.165. The zero-order valence-electron chi connectivity index (χ0n) is 15.5. The Morgan fingerprint density at radius 2 is 1.83 bits per heavy atom. The predicted molar refractivity (Wildman–Crippen MR) is 92.3 cm³/mol. The van der Waals surface area contributed by atoms with Crippen molar-refractivity contribution in [1.29, 1.82) is 0 Å². The Labute approximate surface area is 145 Å². The van der Waals surface area contributed by atoms with E-state index in [0.29, 0.717) is 29.5 Å². The maximum Gasteiger partial charge on any atom is 0.302 e. The molecule has 0 saturated heterocycles. The van der Waals surface area contributed by atoms with Crippen molar-refractivity contribution in [1.82, 2.24) is 0 Å². The molecule has 0 amide bonds. The number of carbonyl (C=O) groups excluding carboxylic acids is 2. The maximum atomic E-state index is 12.9. The second-order valence-corrected chi connectivity index (χ2v) is 9.47. The summed E-state index contributed by atoms with van der Waals surface area (Å²) in [4.78, 5) is 24.4. The third kappa shape index (κ3) is 2.15. The van der Waals surface area contributed by atoms with Gasteiger partial charge in [0.2, 0.25) is 0 Å². The van der Waals surface area contributed by atoms with E-state index in [1.807, 2.05) is 0 Å². The first-order valence-electron chi connectivity index (χ1n) is 10.1. The molecule has 3 nitrogen and oxygen atoms in total. The molecule has 24 heavy (non-hydrogen) atoms. The Bertz CT molecular complexity index is 555. The third-order valence-corrected chi connectivity index (χ3v) is 8.68. The molecule has 0 aromatic rings. The molecule has 7 atom stereocenters. The van der Waals surface area contributed by atoms with Gasteiger partial charge in [0.25, 0.3) is 0 Å². The van der Waals surface area contributed by atoms with E-state index in [0.717, 1.165) is 32.1 Å². The summed E-state index contributed by atoms with van der Waals surface area (Å²) in [6.07, 6.45) is 10.2. The van der Waals surface area contributed by atoms with E-state index in [4.69, 9.17) is 4.74 Å². The monoisotopic (exact) mass is 332 g/mol. The van der Waals surface area contributed by atoms with Gasteiger partial charge >= 0.3 is 5.97 Å². The number of fused-ring (bicyclic) bond motifs is 5. The number of Topliss-reactive ketones (excluding diaryl/α,β-unsaturated/α-hetero) is 1. The highest BCUT2D eigenvalue weighted by atomic mass is 16.5. The van der Waals surface area contributed by atoms with Crippen LogP contribution in [0.5, 0.6) is 0 Å². The van der Waals surface area contributed by atoms with Gasteiger partial charge in [-0.2, -0.15) is 0 Å². The Balaban J connectivity index is 1.62. The number of ketones is 1. The van der Waals surface area contributed by atoms with Crippen LogP contribution >= 0.6 is 0 Å². The molecule has 4 aliphatic carbocycles. The van der Waals surface area contributed by atoms with Gasteiger partial charge in [-0.3, -0.25) is 9.59 Å². The molecule has 0 aromatic carbocycles. The Morgan fingerprint density at radius 3 is 2.58 bits per heavy atom. The second-order valence-electron chi connectivity index (χ2n) is 9.47. The molecule has 0 radical (unpaired) electrons. The molecule has 0 N–H and O–H groups in total. The molecule has 3 heteroatoms. The summed E-state index contributed by atoms with van der Waals surface area (Å²) >= 11 is 0. The summed E-state index contributed by atoms with van der Waals surface area (Å²) in [6, 6.07) is 0. The van der Waals surface area contributed by atoms with Crippen molar-refractivity contribution in [2.75, 3.05) is 0 Å². The van der Waals surface area contributed by atoms with Gasteiger partial charge in [-0.25, -0.2) is 0 Å². The number of esters is 1. The fourth-order valence-electron chi connectivity index (χ4n) is 7.43. The SMILES string of the molecule is CC(=O)O[C@H]1CC[C@@H]2[C@H]3CC[C@H]4CCCC(=O)[C@]4(C)[C@@H]3CC[C@]12C. The number of ether oxygens (including phenoxy) is 1. The highest BCUT2D eigenvalue weighted by molar-refractivity contribution is 5.86. The first-order valence-corrected chi connectivity index (χ1v) is 10.1. The summed E-state index contributed by atoms with van der Waals surface area (Å²) in [7, 11) is 0. The first-order chi connectivity index (χ1) is 11.4. The quantitative estimate of drug-likeness (QED) is 0.663. The minimum Gasteiger partial charge on any atom is -0.462 e. The predicted octanol–water partition coefficient (Wildman–Crippen LogP) is 4.53. The molecule has 134 valence electrons. The van der Waals surface area contributed by atoms with Crippen LogP contribution in [0.1, 0.15) is 78.6 Å². The van der Waals surface area contributed by atoms with Crippen LogP contribution in [0, 0.1) is 34.5 Å². The standard InChI is InChI=1S/C21H32O3/c1-13(22)24-19-10-9-16-15-8-7-14-5-4-6-18(23)21(14,3)17(15)11-12-20(16,19)2/h14-17,19H,4-12H2,1-3H3/t14-,15-,16-,17-,19+,20+,21+/m1/s1. The highest BCUT2D eigenvalue weighted by Crippen LogP contribution is 2.65. The number of rotatable bonds is 1. The van der Waals surface area contributed by atoms with Crippen molar-refractivity contribution in [3.63, 3.8) is 0 Å². The van der Waals surface area contributed by atoms with Crippen LogP contribution in [0.15, 0.2) is 0 Å². The maximum absolute atomic E-state index is 12.9. The molecule has 0 heterocycles. The van der Waals surface area contributed by atoms with E-state index in [9.17, 15) is 9.59 Å².